The van der Waals surface area contributed by atoms with E-state index >= 15 is 0 Å². The molecule has 1 atom stereocenters. The van der Waals surface area contributed by atoms with Crippen LogP contribution in [-0.4, -0.2) is 13.7 Å². The van der Waals surface area contributed by atoms with E-state index < -0.39 is 0 Å². The molecule has 0 spiro atoms. The predicted octanol–water partition coefficient (Wildman–Crippen LogP) is 4.69. The highest BCUT2D eigenvalue weighted by Gasteiger charge is 2.18. The zero-order chi connectivity index (χ0) is 15.2. The first-order valence-electron chi connectivity index (χ1n) is 6.98. The van der Waals surface area contributed by atoms with Crippen LogP contribution in [0.25, 0.3) is 0 Å². The molecule has 0 aliphatic rings. The highest BCUT2D eigenvalue weighted by Crippen LogP contribution is 2.32. The quantitative estimate of drug-likeness (QED) is 0.815. The van der Waals surface area contributed by atoms with E-state index in [1.165, 1.54) is 6.07 Å². The lowest BCUT2D eigenvalue weighted by Crippen LogP contribution is -2.23. The molecule has 1 unspecified atom stereocenters. The van der Waals surface area contributed by atoms with Crippen LogP contribution >= 0.6 is 15.9 Å². The number of rotatable bonds is 6. The molecule has 0 aliphatic carbocycles. The fraction of sp³-hybridized carbons (Fsp3) is 0.294. The molecule has 21 heavy (non-hydrogen) atoms. The number of benzene rings is 2. The van der Waals surface area contributed by atoms with E-state index in [0.29, 0.717) is 0 Å². The standard InChI is InChI=1S/C17H19BrFNO/c1-3-9-20-17(12-5-4-6-14(19)10-12)15-11-13(18)7-8-16(15)21-2/h4-8,10-11,17,20H,3,9H2,1-2H3. The smallest absolute Gasteiger partial charge is 0.124 e. The summed E-state index contributed by atoms with van der Waals surface area (Å²) in [4.78, 5) is 0. The topological polar surface area (TPSA) is 21.3 Å². The van der Waals surface area contributed by atoms with Gasteiger partial charge in [-0.25, -0.2) is 4.39 Å². The summed E-state index contributed by atoms with van der Waals surface area (Å²) in [5, 5.41) is 3.46. The molecule has 0 radical (unpaired) electrons. The molecule has 112 valence electrons. The van der Waals surface area contributed by atoms with Crippen LogP contribution < -0.4 is 10.1 Å². The minimum atomic E-state index is -0.232. The normalized spacial score (nSPS) is 12.2. The maximum Gasteiger partial charge on any atom is 0.124 e. The van der Waals surface area contributed by atoms with Crippen molar-refractivity contribution in [3.8, 4) is 5.75 Å². The molecule has 1 N–H and O–H groups in total. The van der Waals surface area contributed by atoms with Gasteiger partial charge in [-0.05, 0) is 48.9 Å². The van der Waals surface area contributed by atoms with Crippen molar-refractivity contribution in [2.45, 2.75) is 19.4 Å². The van der Waals surface area contributed by atoms with Gasteiger partial charge < -0.3 is 10.1 Å². The Morgan fingerprint density at radius 2 is 2.05 bits per heavy atom. The molecule has 2 nitrogen and oxygen atoms in total. The number of nitrogens with one attached hydrogen (secondary N) is 1. The van der Waals surface area contributed by atoms with Gasteiger partial charge in [0.2, 0.25) is 0 Å². The van der Waals surface area contributed by atoms with Gasteiger partial charge in [-0.1, -0.05) is 35.0 Å². The molecule has 0 fully saturated rings. The summed E-state index contributed by atoms with van der Waals surface area (Å²) in [5.41, 5.74) is 1.88. The zero-order valence-corrected chi connectivity index (χ0v) is 13.8. The Morgan fingerprint density at radius 3 is 2.71 bits per heavy atom. The molecular weight excluding hydrogens is 333 g/mol. The number of hydrogen-bond donors (Lipinski definition) is 1. The Morgan fingerprint density at radius 1 is 1.24 bits per heavy atom. The molecule has 0 heterocycles. The Bertz CT molecular complexity index is 603. The van der Waals surface area contributed by atoms with Crippen molar-refractivity contribution in [1.82, 2.24) is 5.32 Å². The maximum absolute atomic E-state index is 13.6. The van der Waals surface area contributed by atoms with Crippen molar-refractivity contribution in [3.05, 3.63) is 63.9 Å². The average Bonchev–Trinajstić information content (AvgIpc) is 2.48. The van der Waals surface area contributed by atoms with Crippen LogP contribution in [0.2, 0.25) is 0 Å². The van der Waals surface area contributed by atoms with Gasteiger partial charge in [-0.3, -0.25) is 0 Å². The van der Waals surface area contributed by atoms with Gasteiger partial charge in [0.05, 0.1) is 13.2 Å². The first-order chi connectivity index (χ1) is 10.2. The van der Waals surface area contributed by atoms with Crippen molar-refractivity contribution in [2.24, 2.45) is 0 Å². The van der Waals surface area contributed by atoms with E-state index in [1.54, 1.807) is 19.2 Å². The third-order valence-corrected chi connectivity index (χ3v) is 3.78. The van der Waals surface area contributed by atoms with Crippen molar-refractivity contribution >= 4 is 15.9 Å². The highest BCUT2D eigenvalue weighted by atomic mass is 79.9. The largest absolute Gasteiger partial charge is 0.496 e. The molecule has 0 saturated carbocycles. The van der Waals surface area contributed by atoms with E-state index in [1.807, 2.05) is 24.3 Å². The monoisotopic (exact) mass is 351 g/mol. The minimum Gasteiger partial charge on any atom is -0.496 e. The second kappa shape index (κ2) is 7.57. The summed E-state index contributed by atoms with van der Waals surface area (Å²) in [6, 6.07) is 12.4. The molecule has 0 bridgehead atoms. The molecular formula is C17H19BrFNO. The number of halogens is 2. The van der Waals surface area contributed by atoms with Gasteiger partial charge in [0.15, 0.2) is 0 Å². The van der Waals surface area contributed by atoms with Gasteiger partial charge in [-0.15, -0.1) is 0 Å². The summed E-state index contributed by atoms with van der Waals surface area (Å²) in [6.45, 7) is 2.95. The molecule has 2 aromatic carbocycles. The van der Waals surface area contributed by atoms with Crippen molar-refractivity contribution < 1.29 is 9.13 Å². The highest BCUT2D eigenvalue weighted by molar-refractivity contribution is 9.10. The van der Waals surface area contributed by atoms with E-state index in [0.717, 1.165) is 34.3 Å². The number of methoxy groups -OCH3 is 1. The predicted molar refractivity (Wildman–Crippen MR) is 87.2 cm³/mol. The SMILES string of the molecule is CCCNC(c1cccc(F)c1)c1cc(Br)ccc1OC. The first-order valence-corrected chi connectivity index (χ1v) is 7.77. The second-order valence-electron chi connectivity index (χ2n) is 4.83. The van der Waals surface area contributed by atoms with Crippen LogP contribution in [0.15, 0.2) is 46.9 Å². The fourth-order valence-corrected chi connectivity index (χ4v) is 2.69. The zero-order valence-electron chi connectivity index (χ0n) is 12.2. The summed E-state index contributed by atoms with van der Waals surface area (Å²) in [7, 11) is 1.65. The molecule has 2 rings (SSSR count). The van der Waals surface area contributed by atoms with E-state index in [-0.39, 0.29) is 11.9 Å². The second-order valence-corrected chi connectivity index (χ2v) is 5.74. The Labute approximate surface area is 133 Å². The van der Waals surface area contributed by atoms with Crippen molar-refractivity contribution in [3.63, 3.8) is 0 Å². The van der Waals surface area contributed by atoms with Gasteiger partial charge in [-0.2, -0.15) is 0 Å². The fourth-order valence-electron chi connectivity index (χ4n) is 2.31. The van der Waals surface area contributed by atoms with Crippen LogP contribution in [0.1, 0.15) is 30.5 Å². The average molecular weight is 352 g/mol. The third-order valence-electron chi connectivity index (χ3n) is 3.28. The Hall–Kier alpha value is -1.39. The molecule has 0 aliphatic heterocycles. The summed E-state index contributed by atoms with van der Waals surface area (Å²) < 4.78 is 20.0. The van der Waals surface area contributed by atoms with E-state index in [9.17, 15) is 4.39 Å². The maximum atomic E-state index is 13.6. The third kappa shape index (κ3) is 4.05. The summed E-state index contributed by atoms with van der Waals surface area (Å²) in [6.07, 6.45) is 1.00. The van der Waals surface area contributed by atoms with E-state index in [4.69, 9.17) is 4.74 Å². The van der Waals surface area contributed by atoms with Crippen molar-refractivity contribution in [2.75, 3.05) is 13.7 Å². The summed E-state index contributed by atoms with van der Waals surface area (Å²) >= 11 is 3.49. The lowest BCUT2D eigenvalue weighted by atomic mass is 9.97. The van der Waals surface area contributed by atoms with E-state index in [2.05, 4.69) is 28.2 Å². The molecule has 0 amide bonds. The van der Waals surface area contributed by atoms with Gasteiger partial charge >= 0.3 is 0 Å². The number of hydrogen-bond acceptors (Lipinski definition) is 2. The minimum absolute atomic E-state index is 0.104. The molecule has 4 heteroatoms. The molecule has 2 aromatic rings. The first kappa shape index (κ1) is 16.0. The van der Waals surface area contributed by atoms with Crippen LogP contribution in [-0.2, 0) is 0 Å². The number of ether oxygens (including phenoxy) is 1. The Balaban J connectivity index is 2.47. The van der Waals surface area contributed by atoms with Crippen LogP contribution in [0, 0.1) is 5.82 Å². The van der Waals surface area contributed by atoms with Crippen molar-refractivity contribution in [1.29, 1.82) is 0 Å². The van der Waals surface area contributed by atoms with Gasteiger partial charge in [0.1, 0.15) is 11.6 Å². The molecule has 0 aromatic heterocycles. The van der Waals surface area contributed by atoms with Crippen LogP contribution in [0.5, 0.6) is 5.75 Å². The summed E-state index contributed by atoms with van der Waals surface area (Å²) in [5.74, 6) is 0.556. The van der Waals surface area contributed by atoms with Gasteiger partial charge in [0, 0.05) is 10.0 Å². The van der Waals surface area contributed by atoms with Crippen LogP contribution in [0.4, 0.5) is 4.39 Å². The Kier molecular flexibility index (Phi) is 5.76. The lowest BCUT2D eigenvalue weighted by molar-refractivity contribution is 0.403. The van der Waals surface area contributed by atoms with Crippen LogP contribution in [0.3, 0.4) is 0 Å². The molecule has 0 saturated heterocycles. The van der Waals surface area contributed by atoms with Gasteiger partial charge in [0.25, 0.3) is 0 Å². The lowest BCUT2D eigenvalue weighted by Gasteiger charge is -2.22.